The van der Waals surface area contributed by atoms with E-state index in [1.807, 2.05) is 12.1 Å². The molecule has 0 spiro atoms. The summed E-state index contributed by atoms with van der Waals surface area (Å²) in [6.07, 6.45) is 1.84. The van der Waals surface area contributed by atoms with Crippen LogP contribution in [0.5, 0.6) is 5.75 Å². The molecule has 2 heterocycles. The van der Waals surface area contributed by atoms with Crippen molar-refractivity contribution in [3.8, 4) is 5.75 Å². The Bertz CT molecular complexity index is 831. The molecule has 0 N–H and O–H groups in total. The summed E-state index contributed by atoms with van der Waals surface area (Å²) in [5, 5.41) is 0. The lowest BCUT2D eigenvalue weighted by atomic mass is 10.1. The van der Waals surface area contributed by atoms with Gasteiger partial charge < -0.3 is 9.64 Å². The first kappa shape index (κ1) is 19.0. The second-order valence-corrected chi connectivity index (χ2v) is 8.38. The Morgan fingerprint density at radius 3 is 2.54 bits per heavy atom. The third-order valence-corrected chi connectivity index (χ3v) is 5.91. The highest BCUT2D eigenvalue weighted by atomic mass is 16.5. The van der Waals surface area contributed by atoms with Gasteiger partial charge in [0.1, 0.15) is 5.75 Å². The second kappa shape index (κ2) is 7.96. The number of benzene rings is 2. The van der Waals surface area contributed by atoms with Crippen molar-refractivity contribution in [3.05, 3.63) is 65.2 Å². The first-order valence-electron chi connectivity index (χ1n) is 10.3. The molecule has 28 heavy (non-hydrogen) atoms. The molecule has 2 fully saturated rings. The van der Waals surface area contributed by atoms with Gasteiger partial charge in [-0.15, -0.1) is 0 Å². The molecule has 0 aromatic heterocycles. The largest absolute Gasteiger partial charge is 0.491 e. The average molecular weight is 379 g/mol. The maximum Gasteiger partial charge on any atom is 0.224 e. The van der Waals surface area contributed by atoms with E-state index in [0.717, 1.165) is 31.8 Å². The minimum absolute atomic E-state index is 0.158. The third-order valence-electron chi connectivity index (χ3n) is 5.91. The summed E-state index contributed by atoms with van der Waals surface area (Å²) in [5.74, 6) is 1.24. The fraction of sp³-hybridized carbons (Fsp3) is 0.458. The van der Waals surface area contributed by atoms with E-state index in [-0.39, 0.29) is 12.0 Å². The summed E-state index contributed by atoms with van der Waals surface area (Å²) in [7, 11) is 0. The fourth-order valence-electron chi connectivity index (χ4n) is 4.52. The van der Waals surface area contributed by atoms with Crippen LogP contribution in [0.15, 0.2) is 48.5 Å². The monoisotopic (exact) mass is 378 g/mol. The molecule has 2 saturated heterocycles. The van der Waals surface area contributed by atoms with Crippen molar-refractivity contribution in [1.82, 2.24) is 9.80 Å². The van der Waals surface area contributed by atoms with Crippen molar-refractivity contribution in [3.63, 3.8) is 0 Å². The number of nitrogens with zero attached hydrogens (tertiary/aromatic N) is 2. The molecular formula is C24H30N2O2. The number of ether oxygens (including phenoxy) is 1. The highest BCUT2D eigenvalue weighted by Crippen LogP contribution is 2.35. The van der Waals surface area contributed by atoms with Gasteiger partial charge >= 0.3 is 0 Å². The van der Waals surface area contributed by atoms with E-state index >= 15 is 0 Å². The van der Waals surface area contributed by atoms with E-state index in [1.165, 1.54) is 16.7 Å². The smallest absolute Gasteiger partial charge is 0.224 e. The van der Waals surface area contributed by atoms with Crippen molar-refractivity contribution >= 4 is 5.91 Å². The van der Waals surface area contributed by atoms with Crippen molar-refractivity contribution in [2.24, 2.45) is 0 Å². The summed E-state index contributed by atoms with van der Waals surface area (Å²) in [5.41, 5.74) is 3.68. The number of carbonyl (C=O) groups excluding carboxylic acids is 1. The van der Waals surface area contributed by atoms with Crippen molar-refractivity contribution < 1.29 is 9.53 Å². The van der Waals surface area contributed by atoms with E-state index in [4.69, 9.17) is 4.74 Å². The molecule has 1 amide bonds. The Kier molecular flexibility index (Phi) is 5.40. The van der Waals surface area contributed by atoms with Gasteiger partial charge in [0.2, 0.25) is 5.91 Å². The molecule has 0 saturated carbocycles. The lowest BCUT2D eigenvalue weighted by Crippen LogP contribution is -2.36. The highest BCUT2D eigenvalue weighted by molar-refractivity contribution is 5.80. The lowest BCUT2D eigenvalue weighted by Gasteiger charge is -2.26. The Morgan fingerprint density at radius 2 is 1.79 bits per heavy atom. The molecule has 0 bridgehead atoms. The predicted octanol–water partition coefficient (Wildman–Crippen LogP) is 4.16. The summed E-state index contributed by atoms with van der Waals surface area (Å²) in [4.78, 5) is 17.3. The van der Waals surface area contributed by atoms with E-state index < -0.39 is 0 Å². The lowest BCUT2D eigenvalue weighted by molar-refractivity contribution is -0.129. The zero-order valence-electron chi connectivity index (χ0n) is 17.1. The van der Waals surface area contributed by atoms with Crippen LogP contribution in [0.3, 0.4) is 0 Å². The van der Waals surface area contributed by atoms with E-state index in [2.05, 4.69) is 67.0 Å². The highest BCUT2D eigenvalue weighted by Gasteiger charge is 2.46. The van der Waals surface area contributed by atoms with Gasteiger partial charge in [-0.3, -0.25) is 9.69 Å². The van der Waals surface area contributed by atoms with Gasteiger partial charge in [0.15, 0.2) is 0 Å². The third kappa shape index (κ3) is 3.93. The van der Waals surface area contributed by atoms with Crippen LogP contribution in [0.1, 0.15) is 43.4 Å². The molecule has 2 aliphatic heterocycles. The Morgan fingerprint density at radius 1 is 1.04 bits per heavy atom. The molecule has 2 aromatic rings. The van der Waals surface area contributed by atoms with Crippen LogP contribution < -0.4 is 4.74 Å². The van der Waals surface area contributed by atoms with Crippen LogP contribution in [0.4, 0.5) is 0 Å². The van der Waals surface area contributed by atoms with E-state index in [9.17, 15) is 4.79 Å². The van der Waals surface area contributed by atoms with Crippen LogP contribution in [0.2, 0.25) is 0 Å². The number of hydrogen-bond donors (Lipinski definition) is 0. The van der Waals surface area contributed by atoms with Gasteiger partial charge in [-0.2, -0.15) is 0 Å². The van der Waals surface area contributed by atoms with Gasteiger partial charge in [0.25, 0.3) is 0 Å². The maximum absolute atomic E-state index is 12.7. The summed E-state index contributed by atoms with van der Waals surface area (Å²) < 4.78 is 5.99. The number of rotatable bonds is 6. The Labute approximate surface area is 168 Å². The molecule has 2 aromatic carbocycles. The zero-order valence-corrected chi connectivity index (χ0v) is 17.1. The van der Waals surface area contributed by atoms with Crippen LogP contribution in [-0.4, -0.2) is 40.4 Å². The molecule has 4 heteroatoms. The van der Waals surface area contributed by atoms with Crippen LogP contribution in [0.25, 0.3) is 0 Å². The average Bonchev–Trinajstić information content (AvgIpc) is 3.18. The summed E-state index contributed by atoms with van der Waals surface area (Å²) in [6.45, 7) is 8.80. The van der Waals surface area contributed by atoms with Gasteiger partial charge in [-0.05, 0) is 38.8 Å². The molecule has 148 valence electrons. The first-order valence-corrected chi connectivity index (χ1v) is 10.3. The van der Waals surface area contributed by atoms with Crippen LogP contribution >= 0.6 is 0 Å². The Hall–Kier alpha value is -2.33. The molecule has 0 aliphatic carbocycles. The fourth-order valence-corrected chi connectivity index (χ4v) is 4.52. The number of likely N-dealkylation sites (tertiary alicyclic amines) is 2. The number of fused-ring (bicyclic) bond motifs is 1. The van der Waals surface area contributed by atoms with E-state index in [0.29, 0.717) is 18.5 Å². The molecule has 2 aliphatic rings. The number of hydrogen-bond acceptors (Lipinski definition) is 3. The van der Waals surface area contributed by atoms with Crippen molar-refractivity contribution in [2.45, 2.75) is 64.9 Å². The SMILES string of the molecule is Cc1ccc(CN2C(=O)C[C@H]3[C@@H]2CCN3Cc2ccccc2OC(C)C)cc1. The van der Waals surface area contributed by atoms with Crippen molar-refractivity contribution in [2.75, 3.05) is 6.54 Å². The minimum atomic E-state index is 0.158. The number of amides is 1. The topological polar surface area (TPSA) is 32.8 Å². The maximum atomic E-state index is 12.7. The predicted molar refractivity (Wildman–Crippen MR) is 111 cm³/mol. The summed E-state index contributed by atoms with van der Waals surface area (Å²) >= 11 is 0. The minimum Gasteiger partial charge on any atom is -0.491 e. The van der Waals surface area contributed by atoms with Crippen LogP contribution in [0, 0.1) is 6.92 Å². The van der Waals surface area contributed by atoms with Gasteiger partial charge in [-0.1, -0.05) is 48.0 Å². The normalized spacial score (nSPS) is 22.1. The first-order chi connectivity index (χ1) is 13.5. The molecular weight excluding hydrogens is 348 g/mol. The molecule has 2 atom stereocenters. The molecule has 4 rings (SSSR count). The van der Waals surface area contributed by atoms with Gasteiger partial charge in [0, 0.05) is 43.7 Å². The van der Waals surface area contributed by atoms with Crippen LogP contribution in [-0.2, 0) is 17.9 Å². The molecule has 0 radical (unpaired) electrons. The standard InChI is InChI=1S/C24H30N2O2/c1-17(2)28-23-7-5-4-6-20(23)16-25-13-12-21-22(25)14-24(27)26(21)15-19-10-8-18(3)9-11-19/h4-11,17,21-22H,12-16H2,1-3H3/t21-,22-/m0/s1. The van der Waals surface area contributed by atoms with Gasteiger partial charge in [0.05, 0.1) is 6.10 Å². The quantitative estimate of drug-likeness (QED) is 0.757. The number of aryl methyl sites for hydroxylation is 1. The number of para-hydroxylation sites is 1. The second-order valence-electron chi connectivity index (χ2n) is 8.38. The zero-order chi connectivity index (χ0) is 19.7. The molecule has 4 nitrogen and oxygen atoms in total. The summed E-state index contributed by atoms with van der Waals surface area (Å²) in [6, 6.07) is 17.5. The van der Waals surface area contributed by atoms with E-state index in [1.54, 1.807) is 0 Å². The Balaban J connectivity index is 1.46. The van der Waals surface area contributed by atoms with Crippen molar-refractivity contribution in [1.29, 1.82) is 0 Å². The molecule has 0 unspecified atom stereocenters. The number of carbonyl (C=O) groups is 1. The van der Waals surface area contributed by atoms with Gasteiger partial charge in [-0.25, -0.2) is 0 Å².